The first-order valence-corrected chi connectivity index (χ1v) is 18.6. The Morgan fingerprint density at radius 3 is 1.46 bits per heavy atom. The Kier molecular flexibility index (Phi) is 5.28. The summed E-state index contributed by atoms with van der Waals surface area (Å²) in [4.78, 5) is 0. The third kappa shape index (κ3) is 3.39. The Balaban J connectivity index is 1.36. The van der Waals surface area contributed by atoms with Gasteiger partial charge in [0.25, 0.3) is 0 Å². The van der Waals surface area contributed by atoms with E-state index < -0.39 is 7.14 Å². The average molecular weight is 629 g/mol. The van der Waals surface area contributed by atoms with E-state index in [4.69, 9.17) is 0 Å². The zero-order valence-electron chi connectivity index (χ0n) is 26.2. The first kappa shape index (κ1) is 26.6. The smallest absolute Gasteiger partial charge is 0.172 e. The Hall–Kier alpha value is -5.49. The lowest BCUT2D eigenvalue weighted by atomic mass is 9.92. The van der Waals surface area contributed by atoms with Crippen molar-refractivity contribution in [1.29, 1.82) is 0 Å². The summed E-state index contributed by atoms with van der Waals surface area (Å²) < 4.78 is 17.2. The van der Waals surface area contributed by atoms with Crippen LogP contribution in [0.15, 0.2) is 146 Å². The number of allylic oxidation sites excluding steroid dienone is 1. The molecule has 1 nitrogen and oxygen atoms in total. The van der Waals surface area contributed by atoms with Crippen LogP contribution in [0.1, 0.15) is 17.5 Å². The van der Waals surface area contributed by atoms with E-state index in [-0.39, 0.29) is 0 Å². The number of benzene rings is 10. The van der Waals surface area contributed by atoms with Crippen LogP contribution in [0.4, 0.5) is 0 Å². The van der Waals surface area contributed by atoms with Crippen LogP contribution < -0.4 is 15.9 Å². The second-order valence-corrected chi connectivity index (χ2v) is 16.1. The molecule has 0 bridgehead atoms. The third-order valence-electron chi connectivity index (χ3n) is 11.0. The van der Waals surface area contributed by atoms with Crippen LogP contribution in [0.2, 0.25) is 0 Å². The molecule has 0 saturated carbocycles. The van der Waals surface area contributed by atoms with Gasteiger partial charge in [-0.25, -0.2) is 0 Å². The van der Waals surface area contributed by atoms with Crippen LogP contribution in [-0.4, -0.2) is 0 Å². The molecule has 1 aliphatic carbocycles. The molecule has 0 amide bonds. The Morgan fingerprint density at radius 1 is 0.417 bits per heavy atom. The van der Waals surface area contributed by atoms with Crippen molar-refractivity contribution >= 4 is 105 Å². The molecule has 1 aliphatic rings. The van der Waals surface area contributed by atoms with Crippen molar-refractivity contribution < 1.29 is 4.57 Å². The lowest BCUT2D eigenvalue weighted by molar-refractivity contribution is 0.593. The number of fused-ring (bicyclic) bond motifs is 3. The lowest BCUT2D eigenvalue weighted by Gasteiger charge is -2.28. The van der Waals surface area contributed by atoms with Crippen molar-refractivity contribution in [3.05, 3.63) is 157 Å². The van der Waals surface area contributed by atoms with Gasteiger partial charge in [-0.05, 0) is 118 Å². The van der Waals surface area contributed by atoms with Crippen LogP contribution in [0, 0.1) is 0 Å². The minimum atomic E-state index is -3.51. The molecule has 48 heavy (non-hydrogen) atoms. The zero-order valence-corrected chi connectivity index (χ0v) is 27.1. The quantitative estimate of drug-likeness (QED) is 0.141. The normalized spacial score (nSPS) is 13.7. The highest BCUT2D eigenvalue weighted by Gasteiger charge is 2.36. The molecule has 0 fully saturated rings. The molecule has 11 rings (SSSR count). The molecule has 0 spiro atoms. The molecule has 0 heterocycles. The molecule has 0 aromatic heterocycles. The Bertz CT molecular complexity index is 2850. The second kappa shape index (κ2) is 9.54. The molecule has 224 valence electrons. The fraction of sp³-hybridized carbons (Fsp3) is 0.0435. The Morgan fingerprint density at radius 2 is 0.896 bits per heavy atom. The summed E-state index contributed by atoms with van der Waals surface area (Å²) in [6.07, 6.45) is 6.48. The van der Waals surface area contributed by atoms with Gasteiger partial charge in [0.05, 0.1) is 0 Å². The van der Waals surface area contributed by atoms with E-state index in [1.54, 1.807) is 0 Å². The summed E-state index contributed by atoms with van der Waals surface area (Å²) >= 11 is 0. The maximum absolute atomic E-state index is 17.2. The molecule has 2 heteroatoms. The van der Waals surface area contributed by atoms with Gasteiger partial charge in [-0.2, -0.15) is 0 Å². The summed E-state index contributed by atoms with van der Waals surface area (Å²) in [5.74, 6) is 0. The first-order valence-electron chi connectivity index (χ1n) is 16.8. The van der Waals surface area contributed by atoms with Crippen molar-refractivity contribution in [2.75, 3.05) is 0 Å². The van der Waals surface area contributed by atoms with Gasteiger partial charge < -0.3 is 4.57 Å². The number of rotatable bonds is 3. The predicted molar refractivity (Wildman–Crippen MR) is 208 cm³/mol. The predicted octanol–water partition coefficient (Wildman–Crippen LogP) is 11.2. The number of hydrogen-bond acceptors (Lipinski definition) is 1. The van der Waals surface area contributed by atoms with E-state index >= 15 is 4.57 Å². The number of aryl methyl sites for hydroxylation is 1. The minimum Gasteiger partial charge on any atom is -0.309 e. The molecule has 0 aliphatic heterocycles. The fourth-order valence-electron chi connectivity index (χ4n) is 8.92. The van der Waals surface area contributed by atoms with Gasteiger partial charge in [-0.15, -0.1) is 0 Å². The van der Waals surface area contributed by atoms with Gasteiger partial charge >= 0.3 is 0 Å². The molecule has 0 radical (unpaired) electrons. The molecule has 10 aromatic rings. The SMILES string of the molecule is O=P(c1cc2c(c3ccccc13)C=CCC2)(c1ccc2ccc3cccc4ccc1c2c34)c1ccc2ccc3cccc4ccc1c2c34. The highest BCUT2D eigenvalue weighted by Crippen LogP contribution is 2.51. The summed E-state index contributed by atoms with van der Waals surface area (Å²) in [5.41, 5.74) is 2.54. The summed E-state index contributed by atoms with van der Waals surface area (Å²) in [5, 5.41) is 19.3. The Labute approximate surface area is 277 Å². The summed E-state index contributed by atoms with van der Waals surface area (Å²) in [6.45, 7) is 0. The van der Waals surface area contributed by atoms with Crippen LogP contribution >= 0.6 is 7.14 Å². The van der Waals surface area contributed by atoms with E-state index in [9.17, 15) is 0 Å². The maximum Gasteiger partial charge on any atom is 0.172 e. The molecular weight excluding hydrogens is 599 g/mol. The van der Waals surface area contributed by atoms with Gasteiger partial charge in [0.1, 0.15) is 0 Å². The van der Waals surface area contributed by atoms with Gasteiger partial charge in [0.15, 0.2) is 7.14 Å². The van der Waals surface area contributed by atoms with E-state index in [0.717, 1.165) is 44.9 Å². The van der Waals surface area contributed by atoms with Crippen LogP contribution in [0.3, 0.4) is 0 Å². The fourth-order valence-corrected chi connectivity index (χ4v) is 12.2. The highest BCUT2D eigenvalue weighted by atomic mass is 31.2. The molecule has 0 atom stereocenters. The van der Waals surface area contributed by atoms with E-state index in [0.29, 0.717) is 0 Å². The van der Waals surface area contributed by atoms with Gasteiger partial charge in [0, 0.05) is 15.9 Å². The molecule has 0 saturated heterocycles. The van der Waals surface area contributed by atoms with E-state index in [1.807, 2.05) is 0 Å². The molecular formula is C46H29OP. The largest absolute Gasteiger partial charge is 0.309 e. The van der Waals surface area contributed by atoms with Crippen LogP contribution in [-0.2, 0) is 11.0 Å². The van der Waals surface area contributed by atoms with Crippen molar-refractivity contribution in [3.8, 4) is 0 Å². The molecule has 0 unspecified atom stereocenters. The van der Waals surface area contributed by atoms with Crippen molar-refractivity contribution in [2.24, 2.45) is 0 Å². The third-order valence-corrected chi connectivity index (χ3v) is 14.2. The standard InChI is InChI=1S/C46H29OP/c47-48(42-27-34-7-1-2-12-35(34)36-13-3-4-14-37(36)42,40-25-21-32-17-15-28-8-5-10-30-19-23-38(40)45(32)43(28)30)41-26-22-33-18-16-29-9-6-11-31-20-24-39(41)46(33)44(29)31/h2-6,8-27H,1,7H2. The van der Waals surface area contributed by atoms with Gasteiger partial charge in [-0.3, -0.25) is 0 Å². The second-order valence-electron chi connectivity index (χ2n) is 13.4. The summed E-state index contributed by atoms with van der Waals surface area (Å²) in [7, 11) is -3.51. The van der Waals surface area contributed by atoms with Gasteiger partial charge in [0.2, 0.25) is 0 Å². The molecule has 0 N–H and O–H groups in total. The molecule has 10 aromatic carbocycles. The van der Waals surface area contributed by atoms with Gasteiger partial charge in [-0.1, -0.05) is 133 Å². The topological polar surface area (TPSA) is 17.1 Å². The highest BCUT2D eigenvalue weighted by molar-refractivity contribution is 7.86. The minimum absolute atomic E-state index is 0.916. The van der Waals surface area contributed by atoms with E-state index in [1.165, 1.54) is 70.4 Å². The van der Waals surface area contributed by atoms with Crippen molar-refractivity contribution in [3.63, 3.8) is 0 Å². The lowest BCUT2D eigenvalue weighted by Crippen LogP contribution is -2.28. The van der Waals surface area contributed by atoms with E-state index in [2.05, 4.69) is 152 Å². The maximum atomic E-state index is 17.2. The first-order chi connectivity index (χ1) is 23.7. The zero-order chi connectivity index (χ0) is 31.6. The monoisotopic (exact) mass is 628 g/mol. The average Bonchev–Trinajstić information content (AvgIpc) is 3.15. The summed E-state index contributed by atoms with van der Waals surface area (Å²) in [6, 6.07) is 50.5. The van der Waals surface area contributed by atoms with Crippen LogP contribution in [0.25, 0.3) is 81.5 Å². The van der Waals surface area contributed by atoms with Crippen LogP contribution in [0.5, 0.6) is 0 Å². The van der Waals surface area contributed by atoms with Crippen molar-refractivity contribution in [1.82, 2.24) is 0 Å². The van der Waals surface area contributed by atoms with Crippen molar-refractivity contribution in [2.45, 2.75) is 12.8 Å². The number of hydrogen-bond donors (Lipinski definition) is 0.